The SMILES string of the molecule is Cc1cc(C(=O)NCCC(=O)N2CCCC2)c(C)n1Cc1ccccc1. The third-order valence-corrected chi connectivity index (χ3v) is 5.08. The first-order chi connectivity index (χ1) is 12.6. The van der Waals surface area contributed by atoms with Crippen molar-refractivity contribution in [2.24, 2.45) is 0 Å². The van der Waals surface area contributed by atoms with Gasteiger partial charge in [0.15, 0.2) is 0 Å². The Morgan fingerprint density at radius 3 is 2.46 bits per heavy atom. The van der Waals surface area contributed by atoms with E-state index in [9.17, 15) is 9.59 Å². The van der Waals surface area contributed by atoms with Crippen LogP contribution in [0.1, 0.15) is 46.6 Å². The summed E-state index contributed by atoms with van der Waals surface area (Å²) in [6, 6.07) is 12.1. The van der Waals surface area contributed by atoms with E-state index in [1.807, 2.05) is 43.0 Å². The van der Waals surface area contributed by atoms with Gasteiger partial charge in [0.05, 0.1) is 5.56 Å². The molecule has 1 aliphatic heterocycles. The summed E-state index contributed by atoms with van der Waals surface area (Å²) in [7, 11) is 0. The fourth-order valence-electron chi connectivity index (χ4n) is 3.54. The standard InChI is InChI=1S/C21H27N3O2/c1-16-14-19(17(2)24(16)15-18-8-4-3-5-9-18)21(26)22-11-10-20(25)23-12-6-7-13-23/h3-5,8-9,14H,6-7,10-13,15H2,1-2H3,(H,22,26). The zero-order chi connectivity index (χ0) is 18.5. The first kappa shape index (κ1) is 18.2. The summed E-state index contributed by atoms with van der Waals surface area (Å²) in [6.45, 7) is 6.83. The third-order valence-electron chi connectivity index (χ3n) is 5.08. The summed E-state index contributed by atoms with van der Waals surface area (Å²) < 4.78 is 2.15. The summed E-state index contributed by atoms with van der Waals surface area (Å²) >= 11 is 0. The van der Waals surface area contributed by atoms with Crippen molar-refractivity contribution >= 4 is 11.8 Å². The fourth-order valence-corrected chi connectivity index (χ4v) is 3.54. The van der Waals surface area contributed by atoms with Crippen molar-refractivity contribution in [2.45, 2.75) is 39.7 Å². The molecule has 5 heteroatoms. The molecule has 26 heavy (non-hydrogen) atoms. The third kappa shape index (κ3) is 4.15. The molecule has 138 valence electrons. The maximum Gasteiger partial charge on any atom is 0.253 e. The number of benzene rings is 1. The van der Waals surface area contributed by atoms with Crippen LogP contribution >= 0.6 is 0 Å². The van der Waals surface area contributed by atoms with Crippen LogP contribution in [0.25, 0.3) is 0 Å². The molecule has 1 N–H and O–H groups in total. The Labute approximate surface area is 155 Å². The minimum Gasteiger partial charge on any atom is -0.351 e. The van der Waals surface area contributed by atoms with Crippen LogP contribution in [0.5, 0.6) is 0 Å². The van der Waals surface area contributed by atoms with Crippen LogP contribution in [-0.4, -0.2) is 40.9 Å². The lowest BCUT2D eigenvalue weighted by atomic mass is 10.2. The lowest BCUT2D eigenvalue weighted by molar-refractivity contribution is -0.129. The second kappa shape index (κ2) is 8.21. The number of carbonyl (C=O) groups is 2. The van der Waals surface area contributed by atoms with Crippen molar-refractivity contribution in [3.8, 4) is 0 Å². The lowest BCUT2D eigenvalue weighted by Gasteiger charge is -2.15. The van der Waals surface area contributed by atoms with Crippen molar-refractivity contribution in [2.75, 3.05) is 19.6 Å². The van der Waals surface area contributed by atoms with Crippen LogP contribution in [0, 0.1) is 13.8 Å². The van der Waals surface area contributed by atoms with Gasteiger partial charge in [-0.1, -0.05) is 30.3 Å². The number of aromatic nitrogens is 1. The summed E-state index contributed by atoms with van der Waals surface area (Å²) in [4.78, 5) is 26.5. The normalized spacial score (nSPS) is 13.8. The highest BCUT2D eigenvalue weighted by Gasteiger charge is 2.19. The summed E-state index contributed by atoms with van der Waals surface area (Å²) in [5.74, 6) is 0.0315. The highest BCUT2D eigenvalue weighted by Crippen LogP contribution is 2.17. The van der Waals surface area contributed by atoms with E-state index in [0.29, 0.717) is 18.5 Å². The molecule has 0 spiro atoms. The van der Waals surface area contributed by atoms with Gasteiger partial charge in [-0.25, -0.2) is 0 Å². The largest absolute Gasteiger partial charge is 0.351 e. The van der Waals surface area contributed by atoms with Crippen molar-refractivity contribution in [1.29, 1.82) is 0 Å². The number of nitrogens with zero attached hydrogens (tertiary/aromatic N) is 2. The number of hydrogen-bond acceptors (Lipinski definition) is 2. The Morgan fingerprint density at radius 2 is 1.77 bits per heavy atom. The van der Waals surface area contributed by atoms with E-state index in [1.54, 1.807) is 0 Å². The molecule has 0 bridgehead atoms. The molecule has 3 rings (SSSR count). The predicted molar refractivity (Wildman–Crippen MR) is 102 cm³/mol. The highest BCUT2D eigenvalue weighted by molar-refractivity contribution is 5.96. The first-order valence-electron chi connectivity index (χ1n) is 9.33. The zero-order valence-corrected chi connectivity index (χ0v) is 15.6. The Kier molecular flexibility index (Phi) is 5.76. The molecule has 0 saturated carbocycles. The molecule has 5 nitrogen and oxygen atoms in total. The van der Waals surface area contributed by atoms with Gasteiger partial charge in [0.2, 0.25) is 5.91 Å². The van der Waals surface area contributed by atoms with Gasteiger partial charge >= 0.3 is 0 Å². The minimum atomic E-state index is -0.105. The molecule has 0 atom stereocenters. The average molecular weight is 353 g/mol. The van der Waals surface area contributed by atoms with Crippen LogP contribution in [0.3, 0.4) is 0 Å². The number of rotatable bonds is 6. The van der Waals surface area contributed by atoms with E-state index in [0.717, 1.165) is 43.9 Å². The predicted octanol–water partition coefficient (Wildman–Crippen LogP) is 2.90. The van der Waals surface area contributed by atoms with Gasteiger partial charge < -0.3 is 14.8 Å². The topological polar surface area (TPSA) is 54.3 Å². The molecule has 2 aromatic rings. The van der Waals surface area contributed by atoms with Crippen LogP contribution in [-0.2, 0) is 11.3 Å². The molecule has 2 heterocycles. The Hall–Kier alpha value is -2.56. The van der Waals surface area contributed by atoms with Gasteiger partial charge in [0.1, 0.15) is 0 Å². The molecule has 1 saturated heterocycles. The second-order valence-electron chi connectivity index (χ2n) is 6.95. The average Bonchev–Trinajstić information content (AvgIpc) is 3.27. The quantitative estimate of drug-likeness (QED) is 0.868. The summed E-state index contributed by atoms with van der Waals surface area (Å²) in [5.41, 5.74) is 3.91. The Bertz CT molecular complexity index is 774. The first-order valence-corrected chi connectivity index (χ1v) is 9.33. The van der Waals surface area contributed by atoms with Gasteiger partial charge in [-0.15, -0.1) is 0 Å². The molecule has 1 aliphatic rings. The number of carbonyl (C=O) groups excluding carboxylic acids is 2. The molecule has 0 unspecified atom stereocenters. The van der Waals surface area contributed by atoms with Crippen molar-refractivity contribution in [3.05, 3.63) is 58.9 Å². The summed E-state index contributed by atoms with van der Waals surface area (Å²) in [6.07, 6.45) is 2.55. The summed E-state index contributed by atoms with van der Waals surface area (Å²) in [5, 5.41) is 2.90. The molecular formula is C21H27N3O2. The van der Waals surface area contributed by atoms with E-state index in [4.69, 9.17) is 0 Å². The van der Waals surface area contributed by atoms with E-state index < -0.39 is 0 Å². The fraction of sp³-hybridized carbons (Fsp3) is 0.429. The molecule has 0 aliphatic carbocycles. The highest BCUT2D eigenvalue weighted by atomic mass is 16.2. The van der Waals surface area contributed by atoms with Gasteiger partial charge in [-0.2, -0.15) is 0 Å². The Morgan fingerprint density at radius 1 is 1.08 bits per heavy atom. The van der Waals surface area contributed by atoms with Gasteiger partial charge in [0.25, 0.3) is 5.91 Å². The van der Waals surface area contributed by atoms with Gasteiger partial charge in [-0.3, -0.25) is 9.59 Å². The van der Waals surface area contributed by atoms with E-state index >= 15 is 0 Å². The lowest BCUT2D eigenvalue weighted by Crippen LogP contribution is -2.32. The zero-order valence-electron chi connectivity index (χ0n) is 15.6. The van der Waals surface area contributed by atoms with E-state index in [-0.39, 0.29) is 11.8 Å². The number of hydrogen-bond donors (Lipinski definition) is 1. The van der Waals surface area contributed by atoms with Gasteiger partial charge in [0, 0.05) is 44.0 Å². The van der Waals surface area contributed by atoms with E-state index in [1.165, 1.54) is 5.56 Å². The monoisotopic (exact) mass is 353 g/mol. The van der Waals surface area contributed by atoms with Crippen LogP contribution in [0.15, 0.2) is 36.4 Å². The molecule has 1 fully saturated rings. The maximum atomic E-state index is 12.5. The van der Waals surface area contributed by atoms with Crippen LogP contribution in [0.2, 0.25) is 0 Å². The minimum absolute atomic E-state index is 0.105. The van der Waals surface area contributed by atoms with Crippen LogP contribution in [0.4, 0.5) is 0 Å². The van der Waals surface area contributed by atoms with Crippen molar-refractivity contribution in [3.63, 3.8) is 0 Å². The molecule has 2 amide bonds. The number of nitrogens with one attached hydrogen (secondary N) is 1. The van der Waals surface area contributed by atoms with E-state index in [2.05, 4.69) is 22.0 Å². The maximum absolute atomic E-state index is 12.5. The Balaban J connectivity index is 1.59. The van der Waals surface area contributed by atoms with Gasteiger partial charge in [-0.05, 0) is 38.3 Å². The number of amides is 2. The van der Waals surface area contributed by atoms with Crippen molar-refractivity contribution in [1.82, 2.24) is 14.8 Å². The number of aryl methyl sites for hydroxylation is 1. The molecule has 0 radical (unpaired) electrons. The van der Waals surface area contributed by atoms with Crippen molar-refractivity contribution < 1.29 is 9.59 Å². The smallest absolute Gasteiger partial charge is 0.253 e. The number of likely N-dealkylation sites (tertiary alicyclic amines) is 1. The van der Waals surface area contributed by atoms with Crippen LogP contribution < -0.4 is 5.32 Å². The second-order valence-corrected chi connectivity index (χ2v) is 6.95. The molecular weight excluding hydrogens is 326 g/mol. The molecule has 1 aromatic carbocycles. The molecule has 1 aromatic heterocycles.